The van der Waals surface area contributed by atoms with Crippen molar-refractivity contribution in [1.29, 1.82) is 0 Å². The van der Waals surface area contributed by atoms with Crippen molar-refractivity contribution in [2.45, 2.75) is 25.9 Å². The van der Waals surface area contributed by atoms with Gasteiger partial charge in [-0.25, -0.2) is 9.37 Å². The van der Waals surface area contributed by atoms with E-state index in [-0.39, 0.29) is 11.9 Å². The second-order valence-electron chi connectivity index (χ2n) is 3.99. The largest absolute Gasteiger partial charge is 0.304 e. The molecule has 96 valence electrons. The zero-order chi connectivity index (χ0) is 13.0. The van der Waals surface area contributed by atoms with Crippen LogP contribution in [0.15, 0.2) is 29.8 Å². The van der Waals surface area contributed by atoms with Crippen molar-refractivity contribution in [3.05, 3.63) is 51.2 Å². The van der Waals surface area contributed by atoms with E-state index in [9.17, 15) is 4.39 Å². The molecule has 2 nitrogen and oxygen atoms in total. The van der Waals surface area contributed by atoms with Crippen molar-refractivity contribution in [2.75, 3.05) is 0 Å². The molecule has 0 aliphatic rings. The van der Waals surface area contributed by atoms with E-state index in [0.717, 1.165) is 17.0 Å². The Labute approximate surface area is 115 Å². The Hall–Kier alpha value is -0.970. The molecule has 1 atom stereocenters. The molecule has 0 bridgehead atoms. The second-order valence-corrected chi connectivity index (χ2v) is 5.35. The van der Waals surface area contributed by atoms with Crippen LogP contribution in [0, 0.1) is 5.82 Å². The lowest BCUT2D eigenvalue weighted by molar-refractivity contribution is 0.515. The van der Waals surface area contributed by atoms with E-state index in [1.807, 2.05) is 5.38 Å². The molecule has 1 heterocycles. The Morgan fingerprint density at radius 2 is 2.28 bits per heavy atom. The van der Waals surface area contributed by atoms with Gasteiger partial charge in [0.2, 0.25) is 0 Å². The van der Waals surface area contributed by atoms with E-state index in [1.165, 1.54) is 12.1 Å². The summed E-state index contributed by atoms with van der Waals surface area (Å²) < 4.78 is 13.2. The zero-order valence-electron chi connectivity index (χ0n) is 9.99. The summed E-state index contributed by atoms with van der Waals surface area (Å²) in [6, 6.07) is 4.77. The fraction of sp³-hybridized carbons (Fsp3) is 0.308. The van der Waals surface area contributed by atoms with Crippen molar-refractivity contribution >= 4 is 22.9 Å². The van der Waals surface area contributed by atoms with Gasteiger partial charge < -0.3 is 5.32 Å². The average Bonchev–Trinajstić information content (AvgIpc) is 2.82. The summed E-state index contributed by atoms with van der Waals surface area (Å²) in [7, 11) is 0. The highest BCUT2D eigenvalue weighted by Crippen LogP contribution is 2.20. The van der Waals surface area contributed by atoms with Gasteiger partial charge in [-0.2, -0.15) is 0 Å². The van der Waals surface area contributed by atoms with Crippen molar-refractivity contribution in [3.8, 4) is 0 Å². The summed E-state index contributed by atoms with van der Waals surface area (Å²) in [6.07, 6.45) is 2.74. The Morgan fingerprint density at radius 3 is 2.89 bits per heavy atom. The summed E-state index contributed by atoms with van der Waals surface area (Å²) in [5.74, 6) is -0.304. The molecule has 0 aliphatic heterocycles. The van der Waals surface area contributed by atoms with E-state index >= 15 is 0 Å². The lowest BCUT2D eigenvalue weighted by Gasteiger charge is -2.14. The fourth-order valence-corrected chi connectivity index (χ4v) is 2.81. The number of halogens is 2. The lowest BCUT2D eigenvalue weighted by atomic mass is 10.2. The molecule has 2 aromatic rings. The van der Waals surface area contributed by atoms with Gasteiger partial charge in [-0.3, -0.25) is 0 Å². The Bertz CT molecular complexity index is 481. The van der Waals surface area contributed by atoms with E-state index in [1.54, 1.807) is 23.6 Å². The first-order chi connectivity index (χ1) is 8.69. The number of nitrogens with one attached hydrogen (secondary N) is 1. The number of benzene rings is 1. The minimum absolute atomic E-state index is 0.201. The first kappa shape index (κ1) is 13.5. The third-order valence-electron chi connectivity index (χ3n) is 2.63. The molecule has 0 saturated carbocycles. The highest BCUT2D eigenvalue weighted by atomic mass is 35.5. The molecular formula is C13H14ClFN2S. The van der Waals surface area contributed by atoms with Crippen molar-refractivity contribution in [2.24, 2.45) is 0 Å². The second kappa shape index (κ2) is 6.27. The molecule has 0 spiro atoms. The van der Waals surface area contributed by atoms with Crippen LogP contribution in [-0.2, 0) is 6.54 Å². The van der Waals surface area contributed by atoms with Gasteiger partial charge in [-0.05, 0) is 30.2 Å². The molecule has 0 aliphatic carbocycles. The predicted octanol–water partition coefficient (Wildman–Crippen LogP) is 4.18. The molecule has 1 aromatic heterocycles. The number of hydrogen-bond acceptors (Lipinski definition) is 3. The summed E-state index contributed by atoms with van der Waals surface area (Å²) in [4.78, 5) is 4.29. The highest BCUT2D eigenvalue weighted by Gasteiger charge is 2.11. The molecule has 0 amide bonds. The number of rotatable bonds is 5. The molecule has 1 N–H and O–H groups in total. The van der Waals surface area contributed by atoms with Crippen LogP contribution in [0.2, 0.25) is 5.02 Å². The molecule has 18 heavy (non-hydrogen) atoms. The lowest BCUT2D eigenvalue weighted by Crippen LogP contribution is -2.20. The first-order valence-corrected chi connectivity index (χ1v) is 7.02. The van der Waals surface area contributed by atoms with Gasteiger partial charge in [-0.15, -0.1) is 11.3 Å². The number of nitrogens with zero attached hydrogens (tertiary/aromatic N) is 1. The van der Waals surface area contributed by atoms with Gasteiger partial charge in [0.05, 0.1) is 6.04 Å². The summed E-state index contributed by atoms with van der Waals surface area (Å²) in [5, 5.41) is 6.80. The third kappa shape index (κ3) is 3.51. The monoisotopic (exact) mass is 284 g/mol. The summed E-state index contributed by atoms with van der Waals surface area (Å²) >= 11 is 7.44. The van der Waals surface area contributed by atoms with Crippen LogP contribution < -0.4 is 5.32 Å². The Balaban J connectivity index is 2.01. The molecule has 1 unspecified atom stereocenters. The van der Waals surface area contributed by atoms with Gasteiger partial charge in [0.1, 0.15) is 10.8 Å². The SMILES string of the molecule is CCC(NCc1cc(F)cc(Cl)c1)c1nccs1. The average molecular weight is 285 g/mol. The maximum atomic E-state index is 13.2. The van der Waals surface area contributed by atoms with Gasteiger partial charge in [0.25, 0.3) is 0 Å². The van der Waals surface area contributed by atoms with E-state index in [0.29, 0.717) is 11.6 Å². The zero-order valence-corrected chi connectivity index (χ0v) is 11.6. The van der Waals surface area contributed by atoms with Gasteiger partial charge in [0, 0.05) is 23.1 Å². The van der Waals surface area contributed by atoms with Crippen molar-refractivity contribution in [1.82, 2.24) is 10.3 Å². The minimum atomic E-state index is -0.304. The van der Waals surface area contributed by atoms with E-state index < -0.39 is 0 Å². The Morgan fingerprint density at radius 1 is 1.44 bits per heavy atom. The van der Waals surface area contributed by atoms with Crippen LogP contribution in [0.3, 0.4) is 0 Å². The van der Waals surface area contributed by atoms with Crippen LogP contribution in [0.5, 0.6) is 0 Å². The van der Waals surface area contributed by atoms with Crippen LogP contribution in [0.1, 0.15) is 30.0 Å². The number of thiazole rings is 1. The standard InChI is InChI=1S/C13H14ClFN2S/c1-2-12(13-16-3-4-18-13)17-8-9-5-10(14)7-11(15)6-9/h3-7,12,17H,2,8H2,1H3. The number of aromatic nitrogens is 1. The van der Waals surface area contributed by atoms with E-state index in [2.05, 4.69) is 17.2 Å². The van der Waals surface area contributed by atoms with Gasteiger partial charge in [-0.1, -0.05) is 18.5 Å². The first-order valence-electron chi connectivity index (χ1n) is 5.76. The van der Waals surface area contributed by atoms with Crippen molar-refractivity contribution < 1.29 is 4.39 Å². The summed E-state index contributed by atoms with van der Waals surface area (Å²) in [5.41, 5.74) is 0.843. The maximum Gasteiger partial charge on any atom is 0.125 e. The number of hydrogen-bond donors (Lipinski definition) is 1. The normalized spacial score (nSPS) is 12.6. The molecular weight excluding hydrogens is 271 g/mol. The van der Waals surface area contributed by atoms with Gasteiger partial charge >= 0.3 is 0 Å². The molecule has 1 aromatic carbocycles. The van der Waals surface area contributed by atoms with Crippen molar-refractivity contribution in [3.63, 3.8) is 0 Å². The maximum absolute atomic E-state index is 13.2. The summed E-state index contributed by atoms with van der Waals surface area (Å²) in [6.45, 7) is 2.67. The topological polar surface area (TPSA) is 24.9 Å². The molecule has 0 radical (unpaired) electrons. The predicted molar refractivity (Wildman–Crippen MR) is 73.4 cm³/mol. The Kier molecular flexibility index (Phi) is 4.69. The van der Waals surface area contributed by atoms with E-state index in [4.69, 9.17) is 11.6 Å². The molecule has 0 saturated heterocycles. The molecule has 2 rings (SSSR count). The van der Waals surface area contributed by atoms with Crippen LogP contribution in [0.4, 0.5) is 4.39 Å². The smallest absolute Gasteiger partial charge is 0.125 e. The third-order valence-corrected chi connectivity index (χ3v) is 3.74. The minimum Gasteiger partial charge on any atom is -0.304 e. The van der Waals surface area contributed by atoms with Crippen LogP contribution in [0.25, 0.3) is 0 Å². The molecule has 0 fully saturated rings. The fourth-order valence-electron chi connectivity index (χ4n) is 1.77. The highest BCUT2D eigenvalue weighted by molar-refractivity contribution is 7.09. The van der Waals surface area contributed by atoms with Crippen LogP contribution in [-0.4, -0.2) is 4.98 Å². The molecule has 5 heteroatoms. The van der Waals surface area contributed by atoms with Crippen LogP contribution >= 0.6 is 22.9 Å². The van der Waals surface area contributed by atoms with Gasteiger partial charge in [0.15, 0.2) is 0 Å². The quantitative estimate of drug-likeness (QED) is 0.891.